The number of anilines is 3. The fourth-order valence-corrected chi connectivity index (χ4v) is 7.18. The molecule has 0 unspecified atom stereocenters. The molecule has 1 aliphatic heterocycles. The average molecular weight is 705 g/mol. The van der Waals surface area contributed by atoms with Gasteiger partial charge in [0.1, 0.15) is 16.9 Å². The van der Waals surface area contributed by atoms with E-state index in [4.69, 9.17) is 20.8 Å². The first-order valence-electron chi connectivity index (χ1n) is 17.9. The summed E-state index contributed by atoms with van der Waals surface area (Å²) < 4.78 is 7.53. The van der Waals surface area contributed by atoms with Crippen molar-refractivity contribution in [3.05, 3.63) is 76.4 Å². The summed E-state index contributed by atoms with van der Waals surface area (Å²) in [6.45, 7) is 7.99. The van der Waals surface area contributed by atoms with Crippen LogP contribution in [0.1, 0.15) is 87.3 Å². The number of hydrogen-bond donors (Lipinski definition) is 4. The monoisotopic (exact) mass is 704 g/mol. The van der Waals surface area contributed by atoms with Crippen LogP contribution in [0.2, 0.25) is 0 Å². The Kier molecular flexibility index (Phi) is 9.49. The molecule has 7 rings (SSSR count). The van der Waals surface area contributed by atoms with E-state index >= 15 is 0 Å². The normalized spacial score (nSPS) is 14.8. The predicted octanol–water partition coefficient (Wildman–Crippen LogP) is 5.27. The van der Waals surface area contributed by atoms with Gasteiger partial charge >= 0.3 is 0 Å². The van der Waals surface area contributed by atoms with Gasteiger partial charge in [0.2, 0.25) is 17.8 Å². The standard InChI is InChI=1S/C37H44N12O3/c1-5-48-32-25(23(3)45-48)12-7-6-8-19-49-30(20-22(2)44-49)34(51)42-37-41-31-26(39-4)13-11-14-29(31)47(37)18-10-9-17-46-28-16-15-24(33(38)50)21-27(28)40-36(46)43-35(32)52/h11,13-16,20-21,39H,5-10,12,17-19H2,1-4H3,(H2,38,50)(H,40,43,52)(H,41,42,51). The van der Waals surface area contributed by atoms with Crippen LogP contribution in [0.25, 0.3) is 22.1 Å². The highest BCUT2D eigenvalue weighted by atomic mass is 16.2. The van der Waals surface area contributed by atoms with Crippen molar-refractivity contribution in [2.75, 3.05) is 23.0 Å². The molecule has 2 aromatic carbocycles. The quantitative estimate of drug-likeness (QED) is 0.192. The lowest BCUT2D eigenvalue weighted by Gasteiger charge is -2.13. The molecule has 6 aromatic rings. The van der Waals surface area contributed by atoms with Gasteiger partial charge in [0.05, 0.1) is 33.6 Å². The van der Waals surface area contributed by atoms with Crippen molar-refractivity contribution in [1.82, 2.24) is 38.7 Å². The van der Waals surface area contributed by atoms with E-state index in [2.05, 4.69) is 21.0 Å². The summed E-state index contributed by atoms with van der Waals surface area (Å²) in [7, 11) is 1.85. The molecule has 15 nitrogen and oxygen atoms in total. The minimum absolute atomic E-state index is 0.268. The third kappa shape index (κ3) is 6.49. The number of benzene rings is 2. The molecule has 0 spiro atoms. The van der Waals surface area contributed by atoms with Crippen molar-refractivity contribution in [1.29, 1.82) is 0 Å². The zero-order valence-corrected chi connectivity index (χ0v) is 30.0. The smallest absolute Gasteiger partial charge is 0.276 e. The maximum Gasteiger partial charge on any atom is 0.276 e. The number of hydrogen-bond acceptors (Lipinski definition) is 8. The van der Waals surface area contributed by atoms with Gasteiger partial charge in [0.15, 0.2) is 0 Å². The second-order valence-corrected chi connectivity index (χ2v) is 13.2. The Bertz CT molecular complexity index is 2320. The maximum absolute atomic E-state index is 14.1. The number of nitrogens with two attached hydrogens (primary N) is 1. The van der Waals surface area contributed by atoms with E-state index in [9.17, 15) is 14.4 Å². The first-order valence-corrected chi connectivity index (χ1v) is 17.9. The Hall–Kier alpha value is -5.99. The molecule has 3 amide bonds. The van der Waals surface area contributed by atoms with Gasteiger partial charge in [-0.05, 0) is 89.3 Å². The minimum atomic E-state index is -0.551. The molecule has 270 valence electrons. The Morgan fingerprint density at radius 3 is 2.35 bits per heavy atom. The van der Waals surface area contributed by atoms with Gasteiger partial charge in [-0.25, -0.2) is 9.97 Å². The summed E-state index contributed by atoms with van der Waals surface area (Å²) in [5.74, 6) is -0.270. The molecule has 52 heavy (non-hydrogen) atoms. The van der Waals surface area contributed by atoms with E-state index < -0.39 is 5.91 Å². The third-order valence-electron chi connectivity index (χ3n) is 9.74. The molecule has 4 aromatic heterocycles. The van der Waals surface area contributed by atoms with Crippen molar-refractivity contribution in [3.8, 4) is 0 Å². The van der Waals surface area contributed by atoms with Gasteiger partial charge < -0.3 is 20.2 Å². The van der Waals surface area contributed by atoms with Crippen LogP contribution in [0.4, 0.5) is 17.6 Å². The molecule has 5 heterocycles. The van der Waals surface area contributed by atoms with Crippen LogP contribution in [0.15, 0.2) is 42.5 Å². The number of fused-ring (bicyclic) bond motifs is 8. The molecule has 0 saturated heterocycles. The zero-order chi connectivity index (χ0) is 36.5. The molecular formula is C37H44N12O3. The lowest BCUT2D eigenvalue weighted by molar-refractivity contribution is 0.0994. The average Bonchev–Trinajstić information content (AvgIpc) is 3.87. The summed E-state index contributed by atoms with van der Waals surface area (Å²) >= 11 is 0. The van der Waals surface area contributed by atoms with Crippen LogP contribution in [0.3, 0.4) is 0 Å². The molecule has 0 aliphatic carbocycles. The van der Waals surface area contributed by atoms with Crippen LogP contribution in [-0.2, 0) is 32.6 Å². The third-order valence-corrected chi connectivity index (χ3v) is 9.74. The van der Waals surface area contributed by atoms with Crippen LogP contribution in [0, 0.1) is 13.8 Å². The molecule has 0 saturated carbocycles. The minimum Gasteiger partial charge on any atom is -0.386 e. The summed E-state index contributed by atoms with van der Waals surface area (Å²) in [6, 6.07) is 12.9. The Morgan fingerprint density at radius 1 is 0.865 bits per heavy atom. The van der Waals surface area contributed by atoms with Gasteiger partial charge in [0, 0.05) is 44.4 Å². The van der Waals surface area contributed by atoms with Crippen molar-refractivity contribution in [2.24, 2.45) is 5.73 Å². The number of aryl methyl sites for hydroxylation is 6. The van der Waals surface area contributed by atoms with E-state index in [0.717, 1.165) is 58.5 Å². The molecule has 5 N–H and O–H groups in total. The number of imidazole rings is 2. The van der Waals surface area contributed by atoms with E-state index in [-0.39, 0.29) is 11.8 Å². The number of carbonyl (C=O) groups excluding carboxylic acids is 3. The fraction of sp³-hybridized carbons (Fsp3) is 0.378. The number of nitrogens with zero attached hydrogens (tertiary/aromatic N) is 8. The van der Waals surface area contributed by atoms with Gasteiger partial charge in [-0.1, -0.05) is 12.5 Å². The lowest BCUT2D eigenvalue weighted by Crippen LogP contribution is -2.21. The molecule has 0 atom stereocenters. The SMILES string of the molecule is CCn1nc(C)c2c1C(=O)Nc1nc3cc(C(N)=O)ccc3n1CCCCn1c(nc3c(NC)cccc31)NC(=O)c1cc(C)nn1CCCCC2. The molecule has 1 aliphatic rings. The molecule has 0 bridgehead atoms. The maximum atomic E-state index is 14.1. The number of rotatable bonds is 3. The van der Waals surface area contributed by atoms with Crippen molar-refractivity contribution < 1.29 is 14.4 Å². The number of aromatic nitrogens is 8. The highest BCUT2D eigenvalue weighted by Gasteiger charge is 2.24. The Morgan fingerprint density at radius 2 is 1.60 bits per heavy atom. The van der Waals surface area contributed by atoms with Gasteiger partial charge in [0.25, 0.3) is 11.8 Å². The summed E-state index contributed by atoms with van der Waals surface area (Å²) in [5, 5.41) is 18.7. The summed E-state index contributed by atoms with van der Waals surface area (Å²) in [5.41, 5.74) is 13.3. The topological polar surface area (TPSA) is 185 Å². The van der Waals surface area contributed by atoms with Crippen molar-refractivity contribution in [3.63, 3.8) is 0 Å². The van der Waals surface area contributed by atoms with Gasteiger partial charge in [-0.3, -0.25) is 34.4 Å². The number of para-hydroxylation sites is 1. The van der Waals surface area contributed by atoms with E-state index in [1.54, 1.807) is 21.5 Å². The molecule has 0 radical (unpaired) electrons. The van der Waals surface area contributed by atoms with E-state index in [1.165, 1.54) is 0 Å². The largest absolute Gasteiger partial charge is 0.386 e. The molecular weight excluding hydrogens is 660 g/mol. The molecule has 0 fully saturated rings. The second kappa shape index (κ2) is 14.3. The number of nitrogens with one attached hydrogen (secondary N) is 3. The number of primary amides is 1. The Balaban J connectivity index is 1.28. The van der Waals surface area contributed by atoms with E-state index in [1.807, 2.05) is 67.3 Å². The van der Waals surface area contributed by atoms with Crippen LogP contribution in [-0.4, -0.2) is 63.4 Å². The van der Waals surface area contributed by atoms with E-state index in [0.29, 0.717) is 79.8 Å². The number of carbonyl (C=O) groups is 3. The highest BCUT2D eigenvalue weighted by molar-refractivity contribution is 6.05. The van der Waals surface area contributed by atoms with Crippen molar-refractivity contribution >= 4 is 57.4 Å². The van der Waals surface area contributed by atoms with Gasteiger partial charge in [-0.2, -0.15) is 10.2 Å². The number of amides is 3. The fourth-order valence-electron chi connectivity index (χ4n) is 7.18. The summed E-state index contributed by atoms with van der Waals surface area (Å²) in [6.07, 6.45) is 4.57. The van der Waals surface area contributed by atoms with Crippen molar-refractivity contribution in [2.45, 2.75) is 85.5 Å². The van der Waals surface area contributed by atoms with Gasteiger partial charge in [-0.15, -0.1) is 0 Å². The second-order valence-electron chi connectivity index (χ2n) is 13.2. The Labute approximate surface area is 300 Å². The van der Waals surface area contributed by atoms with Crippen LogP contribution < -0.4 is 21.7 Å². The zero-order valence-electron chi connectivity index (χ0n) is 30.0. The highest BCUT2D eigenvalue weighted by Crippen LogP contribution is 2.29. The molecule has 15 heteroatoms. The van der Waals surface area contributed by atoms with Crippen LogP contribution in [0.5, 0.6) is 0 Å². The first kappa shape index (κ1) is 34.5. The summed E-state index contributed by atoms with van der Waals surface area (Å²) in [4.78, 5) is 49.6. The predicted molar refractivity (Wildman–Crippen MR) is 200 cm³/mol. The lowest BCUT2D eigenvalue weighted by atomic mass is 10.0. The first-order chi connectivity index (χ1) is 25.2. The van der Waals surface area contributed by atoms with Crippen LogP contribution >= 0.6 is 0 Å².